The number of allylic oxidation sites excluding steroid dienone is 2. The number of hydrogen-bond acceptors (Lipinski definition) is 3. The monoisotopic (exact) mass is 409 g/mol. The minimum Gasteiger partial charge on any atom is -0.854 e. The fourth-order valence-corrected chi connectivity index (χ4v) is 6.79. The van der Waals surface area contributed by atoms with Gasteiger partial charge in [0.1, 0.15) is 0 Å². The molecule has 0 unspecified atom stereocenters. The van der Waals surface area contributed by atoms with Gasteiger partial charge in [0.2, 0.25) is 0 Å². The third-order valence-electron chi connectivity index (χ3n) is 8.03. The summed E-state index contributed by atoms with van der Waals surface area (Å²) in [7, 11) is 0. The van der Waals surface area contributed by atoms with Crippen molar-refractivity contribution in [2.75, 3.05) is 6.61 Å². The van der Waals surface area contributed by atoms with Crippen molar-refractivity contribution in [3.63, 3.8) is 0 Å². The summed E-state index contributed by atoms with van der Waals surface area (Å²) in [6.07, 6.45) is 11.4. The first-order valence-electron chi connectivity index (χ1n) is 9.46. The van der Waals surface area contributed by atoms with Gasteiger partial charge in [-0.15, -0.1) is 6.61 Å². The van der Waals surface area contributed by atoms with Crippen LogP contribution < -0.4 is 63.3 Å². The Labute approximate surface area is 199 Å². The molecule has 0 spiro atoms. The molecule has 0 aromatic rings. The summed E-state index contributed by atoms with van der Waals surface area (Å²) in [4.78, 5) is 11.9. The minimum absolute atomic E-state index is 0. The number of carbonyl (C=O) groups excluding carboxylic acids is 1. The smallest absolute Gasteiger partial charge is 0.854 e. The first kappa shape index (κ1) is 20.1. The average Bonchev–Trinajstić information content (AvgIpc) is 2.91. The fourth-order valence-electron chi connectivity index (χ4n) is 6.79. The summed E-state index contributed by atoms with van der Waals surface area (Å²) in [6, 6.07) is 2.25. The number of nitrogens with zero attached hydrogens (tertiary/aromatic N) is 1. The maximum absolute atomic E-state index is 12.3. The van der Waals surface area contributed by atoms with Gasteiger partial charge in [0.25, 0.3) is 0 Å². The van der Waals surface area contributed by atoms with Crippen LogP contribution in [0.3, 0.4) is 0 Å². The zero-order chi connectivity index (χ0) is 16.9. The number of hydrogen-bond donors (Lipinski definition) is 0. The van der Waals surface area contributed by atoms with Crippen LogP contribution in [0.5, 0.6) is 0 Å². The molecule has 25 heavy (non-hydrogen) atoms. The Morgan fingerprint density at radius 1 is 1.24 bits per heavy atom. The molecule has 0 aliphatic heterocycles. The molecule has 4 aliphatic carbocycles. The van der Waals surface area contributed by atoms with Crippen molar-refractivity contribution >= 4 is 5.78 Å². The Bertz CT molecular complexity index is 676. The summed E-state index contributed by atoms with van der Waals surface area (Å²) < 4.78 is 0. The van der Waals surface area contributed by atoms with Gasteiger partial charge in [-0.1, -0.05) is 18.1 Å². The van der Waals surface area contributed by atoms with E-state index in [1.165, 1.54) is 11.1 Å². The summed E-state index contributed by atoms with van der Waals surface area (Å²) in [5, 5.41) is 21.4. The molecule has 3 nitrogen and oxygen atoms in total. The van der Waals surface area contributed by atoms with Crippen LogP contribution in [0, 0.1) is 39.9 Å². The first-order chi connectivity index (χ1) is 11.5. The van der Waals surface area contributed by atoms with Gasteiger partial charge < -0.3 is 5.11 Å². The molecule has 0 amide bonds. The maximum Gasteiger partial charge on any atom is 1.00 e. The molecule has 128 valence electrons. The Balaban J connectivity index is 0.00000182. The molecule has 0 saturated heterocycles. The molecule has 0 bridgehead atoms. The molecule has 0 radical (unpaired) electrons. The van der Waals surface area contributed by atoms with Crippen LogP contribution in [0.25, 0.3) is 0 Å². The van der Waals surface area contributed by atoms with Crippen molar-refractivity contribution in [3.8, 4) is 6.07 Å². The van der Waals surface area contributed by atoms with Gasteiger partial charge in [-0.05, 0) is 79.6 Å². The molecule has 3 fully saturated rings. The van der Waals surface area contributed by atoms with E-state index in [0.717, 1.165) is 44.9 Å². The van der Waals surface area contributed by atoms with Crippen LogP contribution in [-0.4, -0.2) is 12.4 Å². The molecule has 3 saturated carbocycles. The summed E-state index contributed by atoms with van der Waals surface area (Å²) in [5.74, 6) is 1.86. The molecule has 0 N–H and O–H groups in total. The normalized spacial score (nSPS) is 44.0. The largest absolute Gasteiger partial charge is 1.00 e. The van der Waals surface area contributed by atoms with E-state index >= 15 is 0 Å². The van der Waals surface area contributed by atoms with Gasteiger partial charge in [-0.3, -0.25) is 4.79 Å². The van der Waals surface area contributed by atoms with Crippen molar-refractivity contribution in [1.82, 2.24) is 0 Å². The van der Waals surface area contributed by atoms with Crippen LogP contribution in [0.1, 0.15) is 58.3 Å². The fraction of sp³-hybridized carbons (Fsp3) is 0.714. The van der Waals surface area contributed by atoms with Gasteiger partial charge in [-0.25, -0.2) is 0 Å². The number of ketones is 1. The second-order valence-electron chi connectivity index (χ2n) is 8.65. The predicted octanol–water partition coefficient (Wildman–Crippen LogP) is 0.313. The summed E-state index contributed by atoms with van der Waals surface area (Å²) in [6.45, 7) is 2.29. The summed E-state index contributed by atoms with van der Waals surface area (Å²) >= 11 is 0. The number of rotatable bonds is 1. The molecular formula is C21H26NO2Rb. The van der Waals surface area contributed by atoms with Crippen LogP contribution in [0.2, 0.25) is 0 Å². The van der Waals surface area contributed by atoms with Gasteiger partial charge in [-0.2, -0.15) is 5.26 Å². The van der Waals surface area contributed by atoms with Crippen LogP contribution in [-0.2, 0) is 4.79 Å². The van der Waals surface area contributed by atoms with E-state index in [1.807, 2.05) is 6.08 Å². The zero-order valence-corrected chi connectivity index (χ0v) is 20.4. The quantitative estimate of drug-likeness (QED) is 0.586. The third kappa shape index (κ3) is 2.95. The third-order valence-corrected chi connectivity index (χ3v) is 8.03. The van der Waals surface area contributed by atoms with Gasteiger partial charge in [0.15, 0.2) is 5.78 Å². The molecule has 0 aromatic carbocycles. The zero-order valence-electron chi connectivity index (χ0n) is 15.5. The minimum atomic E-state index is -0.250. The van der Waals surface area contributed by atoms with Gasteiger partial charge in [0, 0.05) is 12.5 Å². The van der Waals surface area contributed by atoms with Crippen molar-refractivity contribution in [2.24, 2.45) is 28.6 Å². The van der Waals surface area contributed by atoms with E-state index in [2.05, 4.69) is 13.0 Å². The van der Waals surface area contributed by atoms with Crippen molar-refractivity contribution < 1.29 is 68.1 Å². The average molecular weight is 410 g/mol. The second kappa shape index (κ2) is 7.43. The molecule has 4 heteroatoms. The van der Waals surface area contributed by atoms with Crippen LogP contribution in [0.4, 0.5) is 0 Å². The second-order valence-corrected chi connectivity index (χ2v) is 8.65. The molecule has 5 atom stereocenters. The maximum atomic E-state index is 12.3. The Kier molecular flexibility index (Phi) is 5.99. The molecule has 4 aliphatic rings. The SMILES string of the molecule is C[C@]12CC[C@H]3[C@@H](CCC4=CC(=O)CC[C@@]43C[O-])[C@@H]1CC/C2=C/C#N.[Rb+]. The van der Waals surface area contributed by atoms with E-state index in [0.29, 0.717) is 24.2 Å². The van der Waals surface area contributed by atoms with Crippen molar-refractivity contribution in [1.29, 1.82) is 5.26 Å². The van der Waals surface area contributed by atoms with Gasteiger partial charge in [0.05, 0.1) is 6.07 Å². The van der Waals surface area contributed by atoms with Crippen molar-refractivity contribution in [3.05, 3.63) is 23.3 Å². The first-order valence-corrected chi connectivity index (χ1v) is 9.46. The van der Waals surface area contributed by atoms with Crippen LogP contribution in [0.15, 0.2) is 23.3 Å². The van der Waals surface area contributed by atoms with Gasteiger partial charge >= 0.3 is 58.2 Å². The van der Waals surface area contributed by atoms with Crippen LogP contribution >= 0.6 is 0 Å². The number of fused-ring (bicyclic) bond motifs is 5. The number of carbonyl (C=O) groups is 1. The molecule has 0 aromatic heterocycles. The topological polar surface area (TPSA) is 63.9 Å². The molecule has 4 rings (SSSR count). The van der Waals surface area contributed by atoms with E-state index in [-0.39, 0.29) is 81.4 Å². The van der Waals surface area contributed by atoms with E-state index in [1.54, 1.807) is 6.08 Å². The molecular weight excluding hydrogens is 384 g/mol. The predicted molar refractivity (Wildman–Crippen MR) is 89.6 cm³/mol. The van der Waals surface area contributed by atoms with E-state index in [9.17, 15) is 9.90 Å². The Morgan fingerprint density at radius 2 is 2.04 bits per heavy atom. The number of nitriles is 1. The molecule has 0 heterocycles. The van der Waals surface area contributed by atoms with E-state index < -0.39 is 0 Å². The summed E-state index contributed by atoms with van der Waals surface area (Å²) in [5.41, 5.74) is 2.42. The van der Waals surface area contributed by atoms with E-state index in [4.69, 9.17) is 5.26 Å². The Hall–Kier alpha value is 0.405. The Morgan fingerprint density at radius 3 is 2.76 bits per heavy atom. The standard InChI is InChI=1S/C21H26NO2.Rb/c1-20-9-7-19-17(18(20)5-3-14(20)8-11-22)4-2-15-12-16(24)6-10-21(15,19)13-23;/h8,12,17-19H,2-7,9-10,13H2,1H3;/q-1;+1/b14-8-;/t17-,18-,19-,20+,21+;/m0./s1. The van der Waals surface area contributed by atoms with Crippen molar-refractivity contribution in [2.45, 2.75) is 58.3 Å².